The summed E-state index contributed by atoms with van der Waals surface area (Å²) in [5.41, 5.74) is 9.81. The number of carbonyl (C=O) groups excluding carboxylic acids is 2. The van der Waals surface area contributed by atoms with E-state index >= 15 is 0 Å². The topological polar surface area (TPSA) is 67.4 Å². The first-order chi connectivity index (χ1) is 12.8. The standard InChI is InChI=1S/C22H26N2O3/c1-14-5-6-17(4)19(12-14)27-13-20(25)23-24-21(26)22(7-8-22)18-10-15(2)9-16(3)11-18/h5-6,9-12H,7-8,13H2,1-4H3,(H,23,25)(H,24,26). The average Bonchev–Trinajstić information content (AvgIpc) is 3.41. The Morgan fingerprint density at radius 2 is 1.59 bits per heavy atom. The second kappa shape index (κ2) is 7.43. The minimum Gasteiger partial charge on any atom is -0.483 e. The van der Waals surface area contributed by atoms with Crippen LogP contribution in [0, 0.1) is 27.7 Å². The Hall–Kier alpha value is -2.82. The van der Waals surface area contributed by atoms with Crippen molar-refractivity contribution in [1.82, 2.24) is 10.9 Å². The SMILES string of the molecule is Cc1cc(C)cc(C2(C(=O)NNC(=O)COc3cc(C)ccc3C)CC2)c1. The van der Waals surface area contributed by atoms with Gasteiger partial charge < -0.3 is 4.74 Å². The van der Waals surface area contributed by atoms with Gasteiger partial charge in [0.2, 0.25) is 5.91 Å². The van der Waals surface area contributed by atoms with Crippen molar-refractivity contribution < 1.29 is 14.3 Å². The number of rotatable bonds is 5. The largest absolute Gasteiger partial charge is 0.483 e. The van der Waals surface area contributed by atoms with Gasteiger partial charge in [-0.3, -0.25) is 20.4 Å². The number of hydrogen-bond acceptors (Lipinski definition) is 3. The van der Waals surface area contributed by atoms with Crippen molar-refractivity contribution >= 4 is 11.8 Å². The molecule has 27 heavy (non-hydrogen) atoms. The molecule has 5 nitrogen and oxygen atoms in total. The molecule has 0 bridgehead atoms. The van der Waals surface area contributed by atoms with Crippen LogP contribution in [0.15, 0.2) is 36.4 Å². The summed E-state index contributed by atoms with van der Waals surface area (Å²) in [4.78, 5) is 24.7. The van der Waals surface area contributed by atoms with Crippen molar-refractivity contribution in [2.45, 2.75) is 46.0 Å². The van der Waals surface area contributed by atoms with Crippen LogP contribution in [-0.4, -0.2) is 18.4 Å². The Balaban J connectivity index is 1.55. The van der Waals surface area contributed by atoms with E-state index in [-0.39, 0.29) is 18.4 Å². The van der Waals surface area contributed by atoms with E-state index in [0.717, 1.165) is 40.7 Å². The molecular formula is C22H26N2O3. The first-order valence-electron chi connectivity index (χ1n) is 9.18. The highest BCUT2D eigenvalue weighted by Crippen LogP contribution is 2.48. The zero-order valence-corrected chi connectivity index (χ0v) is 16.3. The summed E-state index contributed by atoms with van der Waals surface area (Å²) in [6.07, 6.45) is 1.58. The molecule has 1 saturated carbocycles. The van der Waals surface area contributed by atoms with E-state index in [1.807, 2.05) is 58.0 Å². The Kier molecular flexibility index (Phi) is 5.22. The van der Waals surface area contributed by atoms with E-state index in [9.17, 15) is 9.59 Å². The van der Waals surface area contributed by atoms with Gasteiger partial charge in [0.05, 0.1) is 5.41 Å². The zero-order chi connectivity index (χ0) is 19.6. The van der Waals surface area contributed by atoms with Crippen LogP contribution in [0.2, 0.25) is 0 Å². The highest BCUT2D eigenvalue weighted by Gasteiger charge is 2.51. The van der Waals surface area contributed by atoms with Gasteiger partial charge in [-0.15, -0.1) is 0 Å². The normalized spacial score (nSPS) is 14.4. The summed E-state index contributed by atoms with van der Waals surface area (Å²) < 4.78 is 5.57. The van der Waals surface area contributed by atoms with E-state index in [1.165, 1.54) is 0 Å². The quantitative estimate of drug-likeness (QED) is 0.799. The molecule has 0 aromatic heterocycles. The molecule has 0 unspecified atom stereocenters. The van der Waals surface area contributed by atoms with E-state index in [2.05, 4.69) is 16.9 Å². The Labute approximate surface area is 160 Å². The van der Waals surface area contributed by atoms with E-state index in [0.29, 0.717) is 5.75 Å². The van der Waals surface area contributed by atoms with Crippen molar-refractivity contribution in [3.63, 3.8) is 0 Å². The molecule has 1 aliphatic carbocycles. The van der Waals surface area contributed by atoms with Gasteiger partial charge in [-0.05, 0) is 63.3 Å². The Bertz CT molecular complexity index is 865. The summed E-state index contributed by atoms with van der Waals surface area (Å²) >= 11 is 0. The molecule has 2 amide bonds. The number of nitrogens with one attached hydrogen (secondary N) is 2. The molecule has 1 aliphatic rings. The Morgan fingerprint density at radius 1 is 0.926 bits per heavy atom. The fraction of sp³-hybridized carbons (Fsp3) is 0.364. The van der Waals surface area contributed by atoms with Gasteiger partial charge in [0.25, 0.3) is 5.91 Å². The summed E-state index contributed by atoms with van der Waals surface area (Å²) in [6, 6.07) is 12.0. The van der Waals surface area contributed by atoms with Gasteiger partial charge in [-0.25, -0.2) is 0 Å². The van der Waals surface area contributed by atoms with Crippen LogP contribution in [0.5, 0.6) is 5.75 Å². The van der Waals surface area contributed by atoms with Gasteiger partial charge in [0.1, 0.15) is 5.75 Å². The lowest BCUT2D eigenvalue weighted by molar-refractivity contribution is -0.131. The number of aryl methyl sites for hydroxylation is 4. The molecule has 0 aliphatic heterocycles. The van der Waals surface area contributed by atoms with Crippen LogP contribution in [0.3, 0.4) is 0 Å². The monoisotopic (exact) mass is 366 g/mol. The van der Waals surface area contributed by atoms with Crippen LogP contribution in [-0.2, 0) is 15.0 Å². The molecule has 5 heteroatoms. The predicted octanol–water partition coefficient (Wildman–Crippen LogP) is 3.18. The average molecular weight is 366 g/mol. The number of ether oxygens (including phenoxy) is 1. The third-order valence-corrected chi connectivity index (χ3v) is 4.98. The van der Waals surface area contributed by atoms with E-state index in [1.54, 1.807) is 0 Å². The van der Waals surface area contributed by atoms with Crippen LogP contribution < -0.4 is 15.6 Å². The number of amides is 2. The van der Waals surface area contributed by atoms with Gasteiger partial charge in [-0.1, -0.05) is 41.5 Å². The summed E-state index contributed by atoms with van der Waals surface area (Å²) in [5, 5.41) is 0. The van der Waals surface area contributed by atoms with Gasteiger partial charge in [0, 0.05) is 0 Å². The minimum atomic E-state index is -0.530. The highest BCUT2D eigenvalue weighted by molar-refractivity contribution is 5.93. The molecule has 2 aromatic rings. The molecule has 2 aromatic carbocycles. The van der Waals surface area contributed by atoms with Crippen molar-refractivity contribution in [3.05, 3.63) is 64.2 Å². The zero-order valence-electron chi connectivity index (χ0n) is 16.3. The van der Waals surface area contributed by atoms with Crippen molar-refractivity contribution in [2.75, 3.05) is 6.61 Å². The smallest absolute Gasteiger partial charge is 0.276 e. The lowest BCUT2D eigenvalue weighted by Gasteiger charge is -2.18. The molecule has 142 valence electrons. The second-order valence-electron chi connectivity index (χ2n) is 7.52. The Morgan fingerprint density at radius 3 is 2.22 bits per heavy atom. The third-order valence-electron chi connectivity index (χ3n) is 4.98. The number of hydrogen-bond donors (Lipinski definition) is 2. The van der Waals surface area contributed by atoms with Gasteiger partial charge >= 0.3 is 0 Å². The molecule has 0 heterocycles. The summed E-state index contributed by atoms with van der Waals surface area (Å²) in [5.74, 6) is 0.110. The maximum atomic E-state index is 12.7. The molecule has 0 spiro atoms. The van der Waals surface area contributed by atoms with Gasteiger partial charge in [-0.2, -0.15) is 0 Å². The predicted molar refractivity (Wildman–Crippen MR) is 105 cm³/mol. The van der Waals surface area contributed by atoms with Crippen LogP contribution in [0.25, 0.3) is 0 Å². The summed E-state index contributed by atoms with van der Waals surface area (Å²) in [7, 11) is 0. The number of carbonyl (C=O) groups is 2. The lowest BCUT2D eigenvalue weighted by Crippen LogP contribution is -2.48. The van der Waals surface area contributed by atoms with Crippen molar-refractivity contribution in [1.29, 1.82) is 0 Å². The van der Waals surface area contributed by atoms with Crippen LogP contribution >= 0.6 is 0 Å². The second-order valence-corrected chi connectivity index (χ2v) is 7.52. The third kappa shape index (κ3) is 4.30. The molecule has 1 fully saturated rings. The van der Waals surface area contributed by atoms with Crippen molar-refractivity contribution in [2.24, 2.45) is 0 Å². The molecule has 0 saturated heterocycles. The van der Waals surface area contributed by atoms with E-state index in [4.69, 9.17) is 4.74 Å². The number of hydrazine groups is 1. The van der Waals surface area contributed by atoms with Crippen LogP contribution in [0.1, 0.15) is 40.7 Å². The summed E-state index contributed by atoms with van der Waals surface area (Å²) in [6.45, 7) is 7.79. The highest BCUT2D eigenvalue weighted by atomic mass is 16.5. The first kappa shape index (κ1) is 19.0. The number of benzene rings is 2. The molecule has 3 rings (SSSR count). The fourth-order valence-electron chi connectivity index (χ4n) is 3.31. The fourth-order valence-corrected chi connectivity index (χ4v) is 3.31. The molecule has 0 radical (unpaired) electrons. The van der Waals surface area contributed by atoms with Gasteiger partial charge in [0.15, 0.2) is 6.61 Å². The van der Waals surface area contributed by atoms with E-state index < -0.39 is 5.41 Å². The first-order valence-corrected chi connectivity index (χ1v) is 9.18. The minimum absolute atomic E-state index is 0.152. The van der Waals surface area contributed by atoms with Crippen LogP contribution in [0.4, 0.5) is 0 Å². The maximum absolute atomic E-state index is 12.7. The van der Waals surface area contributed by atoms with Crippen molar-refractivity contribution in [3.8, 4) is 5.75 Å². The maximum Gasteiger partial charge on any atom is 0.276 e. The lowest BCUT2D eigenvalue weighted by atomic mass is 9.92. The molecule has 0 atom stereocenters. The molecular weight excluding hydrogens is 340 g/mol. The molecule has 2 N–H and O–H groups in total.